The molecule has 0 aliphatic heterocycles. The molecule has 0 amide bonds. The normalized spacial score (nSPS) is 11.6. The van der Waals surface area contributed by atoms with E-state index < -0.39 is 0 Å². The summed E-state index contributed by atoms with van der Waals surface area (Å²) in [5.41, 5.74) is 2.45. The van der Waals surface area contributed by atoms with Crippen LogP contribution in [0.5, 0.6) is 0 Å². The molecule has 3 heteroatoms. The molecule has 0 N–H and O–H groups in total. The van der Waals surface area contributed by atoms with Crippen molar-refractivity contribution in [1.82, 2.24) is 9.78 Å². The van der Waals surface area contributed by atoms with E-state index in [-0.39, 0.29) is 11.3 Å². The molecule has 0 unspecified atom stereocenters. The van der Waals surface area contributed by atoms with Gasteiger partial charge in [0.15, 0.2) is 5.78 Å². The first-order chi connectivity index (χ1) is 8.41. The molecule has 0 saturated heterocycles. The highest BCUT2D eigenvalue weighted by Gasteiger charge is 2.23. The number of carbonyl (C=O) groups is 1. The Bertz CT molecular complexity index is 562. The van der Waals surface area contributed by atoms with Crippen LogP contribution in [0.3, 0.4) is 0 Å². The lowest BCUT2D eigenvalue weighted by Gasteiger charge is -2.23. The minimum absolute atomic E-state index is 0.0457. The van der Waals surface area contributed by atoms with Crippen LogP contribution in [-0.4, -0.2) is 15.6 Å². The molecule has 1 heterocycles. The van der Waals surface area contributed by atoms with E-state index >= 15 is 0 Å². The fourth-order valence-electron chi connectivity index (χ4n) is 1.99. The van der Waals surface area contributed by atoms with E-state index in [0.717, 1.165) is 11.3 Å². The minimum Gasteiger partial charge on any atom is -0.294 e. The summed E-state index contributed by atoms with van der Waals surface area (Å²) in [6, 6.07) is 9.92. The SMILES string of the molecule is CC(=O)c1cnn(C(C)(C)C)c1-c1ccccc1. The Kier molecular flexibility index (Phi) is 3.07. The Morgan fingerprint density at radius 3 is 2.28 bits per heavy atom. The first kappa shape index (κ1) is 12.6. The molecule has 2 rings (SSSR count). The van der Waals surface area contributed by atoms with Crippen molar-refractivity contribution >= 4 is 5.78 Å². The van der Waals surface area contributed by atoms with E-state index in [1.165, 1.54) is 0 Å². The summed E-state index contributed by atoms with van der Waals surface area (Å²) in [4.78, 5) is 11.7. The number of nitrogens with zero attached hydrogens (tertiary/aromatic N) is 2. The Balaban J connectivity index is 2.70. The Hall–Kier alpha value is -1.90. The van der Waals surface area contributed by atoms with Crippen LogP contribution in [-0.2, 0) is 5.54 Å². The molecule has 0 atom stereocenters. The quantitative estimate of drug-likeness (QED) is 0.755. The van der Waals surface area contributed by atoms with Crippen LogP contribution in [0.4, 0.5) is 0 Å². The second-order valence-corrected chi connectivity index (χ2v) is 5.41. The third-order valence-corrected chi connectivity index (χ3v) is 2.83. The highest BCUT2D eigenvalue weighted by molar-refractivity contribution is 5.99. The number of ketones is 1. The smallest absolute Gasteiger partial charge is 0.163 e. The van der Waals surface area contributed by atoms with Gasteiger partial charge in [-0.2, -0.15) is 5.10 Å². The van der Waals surface area contributed by atoms with Crippen LogP contribution in [0, 0.1) is 0 Å². The summed E-state index contributed by atoms with van der Waals surface area (Å²) in [5, 5.41) is 4.38. The summed E-state index contributed by atoms with van der Waals surface area (Å²) in [5.74, 6) is 0.0457. The molecule has 1 aromatic carbocycles. The fraction of sp³-hybridized carbons (Fsp3) is 0.333. The van der Waals surface area contributed by atoms with Gasteiger partial charge in [0.1, 0.15) is 0 Å². The highest BCUT2D eigenvalue weighted by atomic mass is 16.1. The zero-order valence-corrected chi connectivity index (χ0v) is 11.3. The molecule has 0 fully saturated rings. The van der Waals surface area contributed by atoms with Crippen molar-refractivity contribution < 1.29 is 4.79 Å². The zero-order valence-electron chi connectivity index (χ0n) is 11.3. The van der Waals surface area contributed by atoms with Crippen LogP contribution in [0.25, 0.3) is 11.3 Å². The van der Waals surface area contributed by atoms with Crippen molar-refractivity contribution in [2.75, 3.05) is 0 Å². The Morgan fingerprint density at radius 1 is 1.17 bits per heavy atom. The maximum absolute atomic E-state index is 11.7. The van der Waals surface area contributed by atoms with Crippen LogP contribution in [0.2, 0.25) is 0 Å². The van der Waals surface area contributed by atoms with E-state index in [1.807, 2.05) is 35.0 Å². The number of hydrogen-bond acceptors (Lipinski definition) is 2. The number of carbonyl (C=O) groups excluding carboxylic acids is 1. The summed E-state index contributed by atoms with van der Waals surface area (Å²) >= 11 is 0. The monoisotopic (exact) mass is 242 g/mol. The van der Waals surface area contributed by atoms with Gasteiger partial charge in [-0.25, -0.2) is 0 Å². The van der Waals surface area contributed by atoms with Gasteiger partial charge in [0.2, 0.25) is 0 Å². The average molecular weight is 242 g/mol. The predicted octanol–water partition coefficient (Wildman–Crippen LogP) is 3.51. The molecule has 0 bridgehead atoms. The van der Waals surface area contributed by atoms with Crippen molar-refractivity contribution in [3.8, 4) is 11.3 Å². The molecule has 0 saturated carbocycles. The van der Waals surface area contributed by atoms with E-state index in [2.05, 4.69) is 25.9 Å². The zero-order chi connectivity index (χ0) is 13.3. The van der Waals surface area contributed by atoms with Gasteiger partial charge < -0.3 is 0 Å². The largest absolute Gasteiger partial charge is 0.294 e. The Labute approximate surface area is 107 Å². The van der Waals surface area contributed by atoms with Gasteiger partial charge in [-0.1, -0.05) is 30.3 Å². The maximum Gasteiger partial charge on any atom is 0.163 e. The third-order valence-electron chi connectivity index (χ3n) is 2.83. The summed E-state index contributed by atoms with van der Waals surface area (Å²) in [6.07, 6.45) is 1.66. The van der Waals surface area contributed by atoms with Gasteiger partial charge in [0, 0.05) is 5.56 Å². The number of rotatable bonds is 2. The van der Waals surface area contributed by atoms with Gasteiger partial charge in [0.05, 0.1) is 23.0 Å². The third kappa shape index (κ3) is 2.21. The van der Waals surface area contributed by atoms with Crippen LogP contribution in [0.15, 0.2) is 36.5 Å². The van der Waals surface area contributed by atoms with Gasteiger partial charge in [-0.15, -0.1) is 0 Å². The van der Waals surface area contributed by atoms with Crippen molar-refractivity contribution in [3.05, 3.63) is 42.1 Å². The second kappa shape index (κ2) is 4.41. The van der Waals surface area contributed by atoms with Crippen LogP contribution < -0.4 is 0 Å². The summed E-state index contributed by atoms with van der Waals surface area (Å²) in [7, 11) is 0. The number of benzene rings is 1. The number of hydrogen-bond donors (Lipinski definition) is 0. The van der Waals surface area contributed by atoms with E-state index in [9.17, 15) is 4.79 Å². The highest BCUT2D eigenvalue weighted by Crippen LogP contribution is 2.28. The topological polar surface area (TPSA) is 34.9 Å². The predicted molar refractivity (Wildman–Crippen MR) is 72.7 cm³/mol. The van der Waals surface area contributed by atoms with Crippen LogP contribution >= 0.6 is 0 Å². The van der Waals surface area contributed by atoms with E-state index in [4.69, 9.17) is 0 Å². The molecule has 0 aliphatic rings. The average Bonchev–Trinajstić information content (AvgIpc) is 2.74. The first-order valence-corrected chi connectivity index (χ1v) is 6.06. The molecule has 18 heavy (non-hydrogen) atoms. The van der Waals surface area contributed by atoms with Crippen molar-refractivity contribution in [2.45, 2.75) is 33.2 Å². The van der Waals surface area contributed by atoms with E-state index in [1.54, 1.807) is 13.1 Å². The van der Waals surface area contributed by atoms with Crippen molar-refractivity contribution in [1.29, 1.82) is 0 Å². The molecule has 0 spiro atoms. The van der Waals surface area contributed by atoms with Gasteiger partial charge in [-0.3, -0.25) is 9.48 Å². The Morgan fingerprint density at radius 2 is 1.78 bits per heavy atom. The van der Waals surface area contributed by atoms with Crippen molar-refractivity contribution in [3.63, 3.8) is 0 Å². The van der Waals surface area contributed by atoms with Gasteiger partial charge in [0.25, 0.3) is 0 Å². The summed E-state index contributed by atoms with van der Waals surface area (Å²) < 4.78 is 1.92. The minimum atomic E-state index is -0.154. The molecule has 2 aromatic rings. The first-order valence-electron chi connectivity index (χ1n) is 6.06. The fourth-order valence-corrected chi connectivity index (χ4v) is 1.99. The molecular weight excluding hydrogens is 224 g/mol. The van der Waals surface area contributed by atoms with Crippen molar-refractivity contribution in [2.24, 2.45) is 0 Å². The van der Waals surface area contributed by atoms with E-state index in [0.29, 0.717) is 5.56 Å². The van der Waals surface area contributed by atoms with Gasteiger partial charge >= 0.3 is 0 Å². The molecule has 0 radical (unpaired) electrons. The second-order valence-electron chi connectivity index (χ2n) is 5.41. The lowest BCUT2D eigenvalue weighted by molar-refractivity contribution is 0.101. The molecule has 94 valence electrons. The number of aromatic nitrogens is 2. The molecular formula is C15H18N2O. The number of Topliss-reactive ketones (excluding diaryl/α,β-unsaturated/α-hetero) is 1. The lowest BCUT2D eigenvalue weighted by Crippen LogP contribution is -2.24. The lowest BCUT2D eigenvalue weighted by atomic mass is 10.0. The summed E-state index contributed by atoms with van der Waals surface area (Å²) in [6.45, 7) is 7.82. The molecule has 0 aliphatic carbocycles. The molecule has 1 aromatic heterocycles. The van der Waals surface area contributed by atoms with Gasteiger partial charge in [-0.05, 0) is 27.7 Å². The van der Waals surface area contributed by atoms with Crippen LogP contribution in [0.1, 0.15) is 38.1 Å². The standard InChI is InChI=1S/C15H18N2O/c1-11(18)13-10-16-17(15(2,3)4)14(13)12-8-6-5-7-9-12/h5-10H,1-4H3. The maximum atomic E-state index is 11.7. The molecule has 3 nitrogen and oxygen atoms in total.